The second-order valence-electron chi connectivity index (χ2n) is 5.77. The maximum absolute atomic E-state index is 13.0. The minimum atomic E-state index is -4.65. The Morgan fingerprint density at radius 2 is 2.04 bits per heavy atom. The van der Waals surface area contributed by atoms with Crippen LogP contribution < -0.4 is 0 Å². The first-order valence-electron chi connectivity index (χ1n) is 7.36. The van der Waals surface area contributed by atoms with Gasteiger partial charge in [-0.15, -0.1) is 0 Å². The third-order valence-electron chi connectivity index (χ3n) is 4.09. The minimum Gasteiger partial charge on any atom is -0.481 e. The molecular formula is C15H18F3NO4. The monoisotopic (exact) mass is 333 g/mol. The van der Waals surface area contributed by atoms with E-state index in [-0.39, 0.29) is 24.6 Å². The number of likely N-dealkylation sites (tertiary alicyclic amines) is 1. The molecule has 1 N–H and O–H groups in total. The molecule has 0 bridgehead atoms. The second kappa shape index (κ2) is 6.64. The number of carboxylic acids is 1. The molecule has 1 aliphatic heterocycles. The van der Waals surface area contributed by atoms with Gasteiger partial charge in [0, 0.05) is 19.5 Å². The summed E-state index contributed by atoms with van der Waals surface area (Å²) in [6.45, 7) is 1.89. The number of hydrogen-bond donors (Lipinski definition) is 1. The van der Waals surface area contributed by atoms with Gasteiger partial charge in [-0.3, -0.25) is 9.59 Å². The molecule has 2 rings (SSSR count). The van der Waals surface area contributed by atoms with Crippen molar-refractivity contribution in [2.75, 3.05) is 13.1 Å². The van der Waals surface area contributed by atoms with Crippen molar-refractivity contribution in [1.29, 1.82) is 0 Å². The van der Waals surface area contributed by atoms with Crippen molar-refractivity contribution in [2.24, 2.45) is 5.92 Å². The summed E-state index contributed by atoms with van der Waals surface area (Å²) < 4.78 is 43.7. The van der Waals surface area contributed by atoms with Crippen LogP contribution >= 0.6 is 0 Å². The molecule has 0 aliphatic carbocycles. The quantitative estimate of drug-likeness (QED) is 0.921. The number of amides is 1. The van der Waals surface area contributed by atoms with Crippen molar-refractivity contribution in [3.63, 3.8) is 0 Å². The SMILES string of the molecule is Cc1occ(C(F)(F)F)c1C(=O)N1CCCC(CC(=O)O)CC1. The van der Waals surface area contributed by atoms with Crippen LogP contribution in [0.15, 0.2) is 10.7 Å². The number of furan rings is 1. The van der Waals surface area contributed by atoms with Gasteiger partial charge in [0.05, 0.1) is 5.56 Å². The molecule has 8 heteroatoms. The minimum absolute atomic E-state index is 0.0145. The van der Waals surface area contributed by atoms with E-state index in [0.717, 1.165) is 0 Å². The second-order valence-corrected chi connectivity index (χ2v) is 5.77. The van der Waals surface area contributed by atoms with Crippen LogP contribution in [0, 0.1) is 12.8 Å². The van der Waals surface area contributed by atoms with Gasteiger partial charge in [-0.1, -0.05) is 0 Å². The van der Waals surface area contributed by atoms with Crippen LogP contribution in [0.1, 0.15) is 47.4 Å². The molecule has 23 heavy (non-hydrogen) atoms. The average molecular weight is 333 g/mol. The topological polar surface area (TPSA) is 70.8 Å². The number of carboxylic acid groups (broad SMARTS) is 1. The number of aliphatic carboxylic acids is 1. The van der Waals surface area contributed by atoms with Crippen LogP contribution in [0.25, 0.3) is 0 Å². The average Bonchev–Trinajstić information content (AvgIpc) is 2.67. The van der Waals surface area contributed by atoms with E-state index >= 15 is 0 Å². The molecule has 1 aromatic heterocycles. The molecule has 0 saturated carbocycles. The van der Waals surface area contributed by atoms with Gasteiger partial charge in [-0.2, -0.15) is 13.2 Å². The predicted octanol–water partition coefficient (Wildman–Crippen LogP) is 3.32. The number of carbonyl (C=O) groups is 2. The Hall–Kier alpha value is -1.99. The molecule has 0 aromatic carbocycles. The standard InChI is InChI=1S/C15H18F3NO4/c1-9-13(11(8-23-9)15(16,17)18)14(22)19-5-2-3-10(4-6-19)7-12(20)21/h8,10H,2-7H2,1H3,(H,20,21). The normalized spacial score (nSPS) is 19.5. The molecule has 0 spiro atoms. The maximum Gasteiger partial charge on any atom is 0.420 e. The van der Waals surface area contributed by atoms with Crippen molar-refractivity contribution in [3.05, 3.63) is 23.2 Å². The molecule has 128 valence electrons. The molecule has 1 atom stereocenters. The Morgan fingerprint density at radius 1 is 1.35 bits per heavy atom. The summed E-state index contributed by atoms with van der Waals surface area (Å²) in [6.07, 6.45) is -2.39. The van der Waals surface area contributed by atoms with Gasteiger partial charge in [-0.25, -0.2) is 0 Å². The fourth-order valence-corrected chi connectivity index (χ4v) is 2.91. The van der Waals surface area contributed by atoms with E-state index in [1.165, 1.54) is 11.8 Å². The van der Waals surface area contributed by atoms with Gasteiger partial charge in [-0.05, 0) is 32.1 Å². The summed E-state index contributed by atoms with van der Waals surface area (Å²) in [5.41, 5.74) is -1.51. The smallest absolute Gasteiger partial charge is 0.420 e. The Morgan fingerprint density at radius 3 is 2.65 bits per heavy atom. The molecule has 0 radical (unpaired) electrons. The van der Waals surface area contributed by atoms with E-state index in [1.807, 2.05) is 0 Å². The van der Waals surface area contributed by atoms with Gasteiger partial charge in [0.1, 0.15) is 17.6 Å². The summed E-state index contributed by atoms with van der Waals surface area (Å²) >= 11 is 0. The molecule has 1 unspecified atom stereocenters. The Kier molecular flexibility index (Phi) is 5.01. The zero-order valence-electron chi connectivity index (χ0n) is 12.7. The highest BCUT2D eigenvalue weighted by atomic mass is 19.4. The van der Waals surface area contributed by atoms with E-state index in [0.29, 0.717) is 32.1 Å². The molecule has 1 amide bonds. The van der Waals surface area contributed by atoms with Crippen LogP contribution in [-0.4, -0.2) is 35.0 Å². The van der Waals surface area contributed by atoms with Gasteiger partial charge in [0.25, 0.3) is 5.91 Å². The highest BCUT2D eigenvalue weighted by molar-refractivity contribution is 5.96. The Bertz CT molecular complexity index is 594. The third-order valence-corrected chi connectivity index (χ3v) is 4.09. The molecule has 2 heterocycles. The zero-order chi connectivity index (χ0) is 17.2. The number of hydrogen-bond acceptors (Lipinski definition) is 3. The van der Waals surface area contributed by atoms with Crippen molar-refractivity contribution < 1.29 is 32.3 Å². The molecule has 5 nitrogen and oxygen atoms in total. The van der Waals surface area contributed by atoms with Crippen LogP contribution in [0.3, 0.4) is 0 Å². The lowest BCUT2D eigenvalue weighted by Gasteiger charge is -2.21. The van der Waals surface area contributed by atoms with Crippen molar-refractivity contribution in [3.8, 4) is 0 Å². The lowest BCUT2D eigenvalue weighted by atomic mass is 9.97. The molecule has 1 aromatic rings. The van der Waals surface area contributed by atoms with Crippen LogP contribution in [0.2, 0.25) is 0 Å². The van der Waals surface area contributed by atoms with Crippen molar-refractivity contribution >= 4 is 11.9 Å². The lowest BCUT2D eigenvalue weighted by molar-refractivity contribution is -0.139. The summed E-state index contributed by atoms with van der Waals surface area (Å²) in [6, 6.07) is 0. The number of aryl methyl sites for hydroxylation is 1. The number of alkyl halides is 3. The third kappa shape index (κ3) is 4.05. The van der Waals surface area contributed by atoms with E-state index < -0.39 is 29.2 Å². The fourth-order valence-electron chi connectivity index (χ4n) is 2.91. The number of rotatable bonds is 3. The van der Waals surface area contributed by atoms with Crippen LogP contribution in [0.5, 0.6) is 0 Å². The van der Waals surface area contributed by atoms with Crippen molar-refractivity contribution in [1.82, 2.24) is 4.90 Å². The van der Waals surface area contributed by atoms with Gasteiger partial charge >= 0.3 is 12.1 Å². The largest absolute Gasteiger partial charge is 0.481 e. The zero-order valence-corrected chi connectivity index (χ0v) is 12.7. The number of nitrogens with zero attached hydrogens (tertiary/aromatic N) is 1. The lowest BCUT2D eigenvalue weighted by Crippen LogP contribution is -2.33. The van der Waals surface area contributed by atoms with Gasteiger partial charge in [0.15, 0.2) is 0 Å². The molecule has 1 aliphatic rings. The van der Waals surface area contributed by atoms with E-state index in [9.17, 15) is 22.8 Å². The summed E-state index contributed by atoms with van der Waals surface area (Å²) in [5, 5.41) is 8.83. The summed E-state index contributed by atoms with van der Waals surface area (Å²) in [4.78, 5) is 24.6. The van der Waals surface area contributed by atoms with E-state index in [4.69, 9.17) is 9.52 Å². The number of halogens is 3. The Labute approximate surface area is 131 Å². The molecule has 1 fully saturated rings. The first kappa shape index (κ1) is 17.4. The number of carbonyl (C=O) groups excluding carboxylic acids is 1. The van der Waals surface area contributed by atoms with Crippen LogP contribution in [-0.2, 0) is 11.0 Å². The molecular weight excluding hydrogens is 315 g/mol. The van der Waals surface area contributed by atoms with Gasteiger partial charge in [0.2, 0.25) is 0 Å². The van der Waals surface area contributed by atoms with E-state index in [1.54, 1.807) is 0 Å². The maximum atomic E-state index is 13.0. The highest BCUT2D eigenvalue weighted by Crippen LogP contribution is 2.35. The first-order valence-corrected chi connectivity index (χ1v) is 7.36. The first-order chi connectivity index (χ1) is 10.7. The van der Waals surface area contributed by atoms with Crippen molar-refractivity contribution in [2.45, 2.75) is 38.8 Å². The van der Waals surface area contributed by atoms with Crippen LogP contribution in [0.4, 0.5) is 13.2 Å². The van der Waals surface area contributed by atoms with Gasteiger partial charge < -0.3 is 14.4 Å². The predicted molar refractivity (Wildman–Crippen MR) is 73.9 cm³/mol. The highest BCUT2D eigenvalue weighted by Gasteiger charge is 2.40. The summed E-state index contributed by atoms with van der Waals surface area (Å²) in [7, 11) is 0. The molecule has 1 saturated heterocycles. The van der Waals surface area contributed by atoms with E-state index in [2.05, 4.69) is 0 Å². The Balaban J connectivity index is 2.15. The fraction of sp³-hybridized carbons (Fsp3) is 0.600. The summed E-state index contributed by atoms with van der Waals surface area (Å²) in [5.74, 6) is -1.73.